The van der Waals surface area contributed by atoms with E-state index in [0.717, 1.165) is 5.56 Å². The zero-order chi connectivity index (χ0) is 14.1. The van der Waals surface area contributed by atoms with Gasteiger partial charge in [0.1, 0.15) is 5.54 Å². The third kappa shape index (κ3) is 4.31. The molecule has 0 aromatic heterocycles. The number of benzene rings is 1. The smallest absolute Gasteiger partial charge is 0.330 e. The number of ether oxygens (including phenoxy) is 3. The topological polar surface area (TPSA) is 70.8 Å². The summed E-state index contributed by atoms with van der Waals surface area (Å²) in [5.74, 6) is -0.464. The van der Waals surface area contributed by atoms with E-state index in [-0.39, 0.29) is 0 Å². The first-order chi connectivity index (χ1) is 9.15. The van der Waals surface area contributed by atoms with Gasteiger partial charge < -0.3 is 19.9 Å². The zero-order valence-corrected chi connectivity index (χ0v) is 11.4. The fraction of sp³-hybridized carbons (Fsp3) is 0.500. The molecule has 5 heteroatoms. The van der Waals surface area contributed by atoms with Crippen molar-refractivity contribution < 1.29 is 19.0 Å². The maximum Gasteiger partial charge on any atom is 0.330 e. The van der Waals surface area contributed by atoms with Crippen molar-refractivity contribution in [1.82, 2.24) is 0 Å². The summed E-state index contributed by atoms with van der Waals surface area (Å²) in [5.41, 5.74) is 5.74. The quantitative estimate of drug-likeness (QED) is 0.563. The van der Waals surface area contributed by atoms with Gasteiger partial charge in [0, 0.05) is 20.1 Å². The second-order valence-electron chi connectivity index (χ2n) is 4.18. The highest BCUT2D eigenvalue weighted by Crippen LogP contribution is 2.23. The Balaban J connectivity index is 2.69. The molecular formula is C14H21NO4. The average molecular weight is 267 g/mol. The standard InChI is InChI=1S/C14H21NO4/c1-17-10-11-19-9-8-14(15,13(16)18-2)12-6-4-3-5-7-12/h3-7H,8-11,15H2,1-2H3. The lowest BCUT2D eigenvalue weighted by Gasteiger charge is -2.26. The van der Waals surface area contributed by atoms with Crippen LogP contribution < -0.4 is 5.73 Å². The van der Waals surface area contributed by atoms with Gasteiger partial charge in [-0.3, -0.25) is 0 Å². The number of rotatable bonds is 8. The lowest BCUT2D eigenvalue weighted by atomic mass is 9.88. The summed E-state index contributed by atoms with van der Waals surface area (Å²) in [4.78, 5) is 11.9. The van der Waals surface area contributed by atoms with Gasteiger partial charge >= 0.3 is 5.97 Å². The van der Waals surface area contributed by atoms with Crippen LogP contribution in [-0.4, -0.2) is 40.0 Å². The van der Waals surface area contributed by atoms with Gasteiger partial charge in [-0.25, -0.2) is 4.79 Å². The molecule has 1 rings (SSSR count). The lowest BCUT2D eigenvalue weighted by molar-refractivity contribution is -0.148. The number of hydrogen-bond acceptors (Lipinski definition) is 5. The van der Waals surface area contributed by atoms with Gasteiger partial charge in [0.25, 0.3) is 0 Å². The van der Waals surface area contributed by atoms with Gasteiger partial charge in [0.05, 0.1) is 20.3 Å². The van der Waals surface area contributed by atoms with E-state index in [4.69, 9.17) is 19.9 Å². The van der Waals surface area contributed by atoms with Gasteiger partial charge in [-0.05, 0) is 5.56 Å². The maximum atomic E-state index is 11.9. The molecule has 1 atom stereocenters. The Labute approximate surface area is 113 Å². The molecule has 1 aromatic carbocycles. The highest BCUT2D eigenvalue weighted by atomic mass is 16.5. The number of nitrogens with two attached hydrogens (primary N) is 1. The van der Waals surface area contributed by atoms with Crippen LogP contribution >= 0.6 is 0 Å². The van der Waals surface area contributed by atoms with E-state index in [1.165, 1.54) is 7.11 Å². The van der Waals surface area contributed by atoms with E-state index in [1.54, 1.807) is 7.11 Å². The molecule has 0 aliphatic carbocycles. The van der Waals surface area contributed by atoms with Crippen LogP contribution in [0.4, 0.5) is 0 Å². The SMILES string of the molecule is COCCOCCC(N)(C(=O)OC)c1ccccc1. The Morgan fingerprint density at radius 2 is 1.84 bits per heavy atom. The van der Waals surface area contributed by atoms with Crippen molar-refractivity contribution in [3.05, 3.63) is 35.9 Å². The third-order valence-electron chi connectivity index (χ3n) is 2.91. The summed E-state index contributed by atoms with van der Waals surface area (Å²) in [6, 6.07) is 9.17. The van der Waals surface area contributed by atoms with Crippen LogP contribution in [0.2, 0.25) is 0 Å². The number of carbonyl (C=O) groups is 1. The molecule has 0 saturated carbocycles. The predicted octanol–water partition coefficient (Wildman–Crippen LogP) is 1.07. The van der Waals surface area contributed by atoms with E-state index >= 15 is 0 Å². The fourth-order valence-corrected chi connectivity index (χ4v) is 1.76. The number of carbonyl (C=O) groups excluding carboxylic acids is 1. The summed E-state index contributed by atoms with van der Waals surface area (Å²) in [6.07, 6.45) is 0.355. The minimum atomic E-state index is -1.18. The van der Waals surface area contributed by atoms with Crippen molar-refractivity contribution >= 4 is 5.97 Å². The van der Waals surface area contributed by atoms with E-state index in [9.17, 15) is 4.79 Å². The molecule has 0 aliphatic rings. The number of methoxy groups -OCH3 is 2. The van der Waals surface area contributed by atoms with Crippen molar-refractivity contribution in [2.45, 2.75) is 12.0 Å². The first-order valence-corrected chi connectivity index (χ1v) is 6.14. The molecule has 19 heavy (non-hydrogen) atoms. The Morgan fingerprint density at radius 3 is 2.42 bits per heavy atom. The van der Waals surface area contributed by atoms with Crippen LogP contribution in [0.1, 0.15) is 12.0 Å². The summed E-state index contributed by atoms with van der Waals surface area (Å²) in [6.45, 7) is 1.35. The molecule has 0 bridgehead atoms. The molecule has 0 heterocycles. The Kier molecular flexibility index (Phi) is 6.49. The number of esters is 1. The number of hydrogen-bond donors (Lipinski definition) is 1. The molecule has 106 valence electrons. The van der Waals surface area contributed by atoms with Gasteiger partial charge in [-0.15, -0.1) is 0 Å². The Morgan fingerprint density at radius 1 is 1.16 bits per heavy atom. The molecule has 5 nitrogen and oxygen atoms in total. The normalized spacial score (nSPS) is 13.8. The Hall–Kier alpha value is -1.43. The minimum absolute atomic E-state index is 0.355. The molecule has 0 fully saturated rings. The maximum absolute atomic E-state index is 11.9. The van der Waals surface area contributed by atoms with Gasteiger partial charge in [0.15, 0.2) is 0 Å². The summed E-state index contributed by atoms with van der Waals surface area (Å²) in [5, 5.41) is 0. The molecule has 0 aliphatic heterocycles. The zero-order valence-electron chi connectivity index (χ0n) is 11.4. The summed E-state index contributed by atoms with van der Waals surface area (Å²) >= 11 is 0. The third-order valence-corrected chi connectivity index (χ3v) is 2.91. The molecule has 1 aromatic rings. The van der Waals surface area contributed by atoms with Crippen LogP contribution in [0.15, 0.2) is 30.3 Å². The first kappa shape index (κ1) is 15.6. The molecule has 0 spiro atoms. The van der Waals surface area contributed by atoms with E-state index in [0.29, 0.717) is 26.2 Å². The van der Waals surface area contributed by atoms with Crippen LogP contribution in [-0.2, 0) is 24.5 Å². The van der Waals surface area contributed by atoms with Crippen LogP contribution in [0, 0.1) is 0 Å². The highest BCUT2D eigenvalue weighted by Gasteiger charge is 2.36. The van der Waals surface area contributed by atoms with Crippen molar-refractivity contribution in [2.24, 2.45) is 5.73 Å². The predicted molar refractivity (Wildman–Crippen MR) is 71.6 cm³/mol. The van der Waals surface area contributed by atoms with Crippen molar-refractivity contribution in [1.29, 1.82) is 0 Å². The Bertz CT molecular complexity index is 382. The van der Waals surface area contributed by atoms with Gasteiger partial charge in [0.2, 0.25) is 0 Å². The molecule has 2 N–H and O–H groups in total. The van der Waals surface area contributed by atoms with E-state index in [1.807, 2.05) is 30.3 Å². The van der Waals surface area contributed by atoms with Crippen molar-refractivity contribution in [2.75, 3.05) is 34.0 Å². The van der Waals surface area contributed by atoms with Crippen LogP contribution in [0.3, 0.4) is 0 Å². The monoisotopic (exact) mass is 267 g/mol. The molecule has 0 saturated heterocycles. The molecule has 0 amide bonds. The first-order valence-electron chi connectivity index (χ1n) is 6.14. The fourth-order valence-electron chi connectivity index (χ4n) is 1.76. The summed E-state index contributed by atoms with van der Waals surface area (Å²) < 4.78 is 15.1. The van der Waals surface area contributed by atoms with Crippen molar-refractivity contribution in [3.63, 3.8) is 0 Å². The van der Waals surface area contributed by atoms with Crippen LogP contribution in [0.5, 0.6) is 0 Å². The largest absolute Gasteiger partial charge is 0.467 e. The minimum Gasteiger partial charge on any atom is -0.467 e. The van der Waals surface area contributed by atoms with Crippen molar-refractivity contribution in [3.8, 4) is 0 Å². The van der Waals surface area contributed by atoms with Gasteiger partial charge in [-0.2, -0.15) is 0 Å². The van der Waals surface area contributed by atoms with E-state index in [2.05, 4.69) is 0 Å². The summed E-state index contributed by atoms with van der Waals surface area (Å²) in [7, 11) is 2.94. The van der Waals surface area contributed by atoms with Crippen LogP contribution in [0.25, 0.3) is 0 Å². The highest BCUT2D eigenvalue weighted by molar-refractivity contribution is 5.82. The lowest BCUT2D eigenvalue weighted by Crippen LogP contribution is -2.46. The second kappa shape index (κ2) is 7.89. The molecule has 1 unspecified atom stereocenters. The average Bonchev–Trinajstić information content (AvgIpc) is 2.46. The van der Waals surface area contributed by atoms with Gasteiger partial charge in [-0.1, -0.05) is 30.3 Å². The van der Waals surface area contributed by atoms with E-state index < -0.39 is 11.5 Å². The second-order valence-corrected chi connectivity index (χ2v) is 4.18. The molecular weight excluding hydrogens is 246 g/mol. The molecule has 0 radical (unpaired) electrons.